The van der Waals surface area contributed by atoms with Crippen LogP contribution in [0.15, 0.2) is 47.9 Å². The van der Waals surface area contributed by atoms with Gasteiger partial charge in [-0.25, -0.2) is 0 Å². The molecule has 1 aromatic carbocycles. The summed E-state index contributed by atoms with van der Waals surface area (Å²) in [6.45, 7) is 0. The van der Waals surface area contributed by atoms with Crippen LogP contribution in [0.3, 0.4) is 0 Å². The Kier molecular flexibility index (Phi) is 3.35. The summed E-state index contributed by atoms with van der Waals surface area (Å²) in [6.07, 6.45) is 5.10. The van der Waals surface area contributed by atoms with Gasteiger partial charge in [-0.1, -0.05) is 24.3 Å². The fourth-order valence-corrected chi connectivity index (χ4v) is 4.16. The molecule has 0 radical (unpaired) electrons. The number of carbonyl (C=O) groups is 2. The lowest BCUT2D eigenvalue weighted by Crippen LogP contribution is -2.53. The normalized spacial score (nSPS) is 31.6. The lowest BCUT2D eigenvalue weighted by molar-refractivity contribution is -0.143. The summed E-state index contributed by atoms with van der Waals surface area (Å²) in [6, 6.07) is 7.43. The van der Waals surface area contributed by atoms with Crippen molar-refractivity contribution in [1.82, 2.24) is 5.32 Å². The van der Waals surface area contributed by atoms with Crippen molar-refractivity contribution in [3.63, 3.8) is 0 Å². The molecular formula is C19H19NO4. The second kappa shape index (κ2) is 5.31. The number of hydrogen-bond acceptors (Lipinski definition) is 4. The number of hydrogen-bond donors (Lipinski definition) is 2. The lowest BCUT2D eigenvalue weighted by Gasteiger charge is -2.37. The van der Waals surface area contributed by atoms with E-state index in [1.807, 2.05) is 18.2 Å². The quantitative estimate of drug-likeness (QED) is 0.868. The van der Waals surface area contributed by atoms with Crippen LogP contribution in [-0.2, 0) is 16.0 Å². The summed E-state index contributed by atoms with van der Waals surface area (Å²) < 4.78 is 5.28. The van der Waals surface area contributed by atoms with Gasteiger partial charge >= 0.3 is 0 Å². The molecule has 24 heavy (non-hydrogen) atoms. The molecule has 5 nitrogen and oxygen atoms in total. The first-order valence-electron chi connectivity index (χ1n) is 8.16. The third-order valence-corrected chi connectivity index (χ3v) is 5.48. The number of rotatable bonds is 2. The molecule has 4 rings (SSSR count). The van der Waals surface area contributed by atoms with Gasteiger partial charge in [-0.2, -0.15) is 0 Å². The number of aliphatic hydroxyl groups is 1. The van der Waals surface area contributed by atoms with Crippen LogP contribution in [0.1, 0.15) is 28.8 Å². The van der Waals surface area contributed by atoms with E-state index in [1.165, 1.54) is 0 Å². The van der Waals surface area contributed by atoms with Gasteiger partial charge in [0.1, 0.15) is 0 Å². The third-order valence-electron chi connectivity index (χ3n) is 5.48. The van der Waals surface area contributed by atoms with Gasteiger partial charge in [0.15, 0.2) is 11.4 Å². The van der Waals surface area contributed by atoms with Crippen LogP contribution >= 0.6 is 0 Å². The first-order chi connectivity index (χ1) is 11.6. The van der Waals surface area contributed by atoms with Gasteiger partial charge in [0.05, 0.1) is 18.8 Å². The molecule has 1 heterocycles. The maximum Gasteiger partial charge on any atom is 0.257 e. The minimum atomic E-state index is -1.73. The maximum absolute atomic E-state index is 13.0. The highest BCUT2D eigenvalue weighted by atomic mass is 16.5. The fraction of sp³-hybridized carbons (Fsp3) is 0.368. The SMILES string of the molecule is COC1=CC=C2NC(=O)[C@](O)([C@H]3CCc4ccccc4C3=O)C2C1. The molecule has 0 spiro atoms. The number of nitrogens with one attached hydrogen (secondary N) is 1. The summed E-state index contributed by atoms with van der Waals surface area (Å²) in [7, 11) is 1.57. The number of carbonyl (C=O) groups excluding carboxylic acids is 2. The van der Waals surface area contributed by atoms with E-state index in [0.717, 1.165) is 5.56 Å². The molecular weight excluding hydrogens is 306 g/mol. The van der Waals surface area contributed by atoms with Crippen LogP contribution < -0.4 is 5.32 Å². The van der Waals surface area contributed by atoms with Gasteiger partial charge in [0.25, 0.3) is 5.91 Å². The standard InChI is InChI=1S/C19H19NO4/c1-24-12-7-9-16-15(10-12)19(23,18(22)20-16)14-8-6-11-4-2-3-5-13(11)17(14)21/h2-5,7,9,14-15,23H,6,8,10H2,1H3,(H,20,22)/t14-,15?,19-/m0/s1. The molecule has 2 N–H and O–H groups in total. The zero-order valence-corrected chi connectivity index (χ0v) is 13.4. The Bertz CT molecular complexity index is 794. The molecule has 0 saturated carbocycles. The molecule has 1 aromatic rings. The van der Waals surface area contributed by atoms with Crippen molar-refractivity contribution in [2.24, 2.45) is 11.8 Å². The van der Waals surface area contributed by atoms with E-state index in [0.29, 0.717) is 36.3 Å². The topological polar surface area (TPSA) is 75.6 Å². The van der Waals surface area contributed by atoms with Crippen molar-refractivity contribution in [2.45, 2.75) is 24.9 Å². The molecule has 0 aromatic heterocycles. The number of methoxy groups -OCH3 is 1. The van der Waals surface area contributed by atoms with Crippen LogP contribution in [0.4, 0.5) is 0 Å². The Labute approximate surface area is 140 Å². The van der Waals surface area contributed by atoms with Crippen molar-refractivity contribution in [3.05, 3.63) is 59.0 Å². The van der Waals surface area contributed by atoms with Gasteiger partial charge in [0, 0.05) is 23.6 Å². The maximum atomic E-state index is 13.0. The summed E-state index contributed by atoms with van der Waals surface area (Å²) in [5, 5.41) is 14.1. The van der Waals surface area contributed by atoms with Gasteiger partial charge < -0.3 is 15.2 Å². The minimum Gasteiger partial charge on any atom is -0.501 e. The zero-order chi connectivity index (χ0) is 16.9. The van der Waals surface area contributed by atoms with Crippen LogP contribution in [-0.4, -0.2) is 29.5 Å². The van der Waals surface area contributed by atoms with Crippen LogP contribution in [0.2, 0.25) is 0 Å². The number of Topliss-reactive ketones (excluding diaryl/α,β-unsaturated/α-hetero) is 1. The monoisotopic (exact) mass is 325 g/mol. The highest BCUT2D eigenvalue weighted by Crippen LogP contribution is 2.46. The van der Waals surface area contributed by atoms with Gasteiger partial charge in [0.2, 0.25) is 0 Å². The number of ketones is 1. The molecule has 2 aliphatic carbocycles. The van der Waals surface area contributed by atoms with Crippen molar-refractivity contribution in [3.8, 4) is 0 Å². The predicted octanol–water partition coefficient (Wildman–Crippen LogP) is 1.73. The number of ether oxygens (including phenoxy) is 1. The van der Waals surface area contributed by atoms with Crippen molar-refractivity contribution >= 4 is 11.7 Å². The molecule has 1 fully saturated rings. The highest BCUT2D eigenvalue weighted by molar-refractivity contribution is 6.05. The molecule has 1 amide bonds. The molecule has 124 valence electrons. The smallest absolute Gasteiger partial charge is 0.257 e. The summed E-state index contributed by atoms with van der Waals surface area (Å²) in [4.78, 5) is 25.6. The van der Waals surface area contributed by atoms with Crippen LogP contribution in [0.5, 0.6) is 0 Å². The lowest BCUT2D eigenvalue weighted by atomic mass is 9.67. The summed E-state index contributed by atoms with van der Waals surface area (Å²) in [5.74, 6) is -1.14. The third kappa shape index (κ3) is 1.97. The highest BCUT2D eigenvalue weighted by Gasteiger charge is 2.59. The Morgan fingerprint density at radius 2 is 2.00 bits per heavy atom. The Hall–Kier alpha value is -2.40. The predicted molar refractivity (Wildman–Crippen MR) is 87.0 cm³/mol. The minimum absolute atomic E-state index is 0.149. The average molecular weight is 325 g/mol. The van der Waals surface area contributed by atoms with Crippen LogP contribution in [0.25, 0.3) is 0 Å². The second-order valence-corrected chi connectivity index (χ2v) is 6.61. The van der Waals surface area contributed by atoms with Crippen molar-refractivity contribution in [2.75, 3.05) is 7.11 Å². The van der Waals surface area contributed by atoms with E-state index in [1.54, 1.807) is 25.3 Å². The summed E-state index contributed by atoms with van der Waals surface area (Å²) >= 11 is 0. The Morgan fingerprint density at radius 1 is 1.21 bits per heavy atom. The summed E-state index contributed by atoms with van der Waals surface area (Å²) in [5.41, 5.74) is 0.535. The van der Waals surface area contributed by atoms with E-state index in [-0.39, 0.29) is 5.78 Å². The Balaban J connectivity index is 1.73. The van der Waals surface area contributed by atoms with E-state index >= 15 is 0 Å². The number of fused-ring (bicyclic) bond motifs is 2. The fourth-order valence-electron chi connectivity index (χ4n) is 4.16. The molecule has 1 saturated heterocycles. The first-order valence-corrected chi connectivity index (χ1v) is 8.16. The Morgan fingerprint density at radius 3 is 2.79 bits per heavy atom. The second-order valence-electron chi connectivity index (χ2n) is 6.61. The van der Waals surface area contributed by atoms with Gasteiger partial charge in [-0.05, 0) is 30.6 Å². The average Bonchev–Trinajstić information content (AvgIpc) is 2.86. The zero-order valence-electron chi connectivity index (χ0n) is 13.4. The van der Waals surface area contributed by atoms with E-state index < -0.39 is 23.3 Å². The van der Waals surface area contributed by atoms with Gasteiger partial charge in [-0.15, -0.1) is 0 Å². The van der Waals surface area contributed by atoms with Crippen molar-refractivity contribution in [1.29, 1.82) is 0 Å². The first kappa shape index (κ1) is 15.1. The number of amides is 1. The molecule has 0 bridgehead atoms. The van der Waals surface area contributed by atoms with Crippen LogP contribution in [0, 0.1) is 11.8 Å². The molecule has 5 heteroatoms. The number of aryl methyl sites for hydroxylation is 1. The molecule has 3 atom stereocenters. The van der Waals surface area contributed by atoms with Crippen molar-refractivity contribution < 1.29 is 19.4 Å². The molecule has 1 unspecified atom stereocenters. The van der Waals surface area contributed by atoms with E-state index in [9.17, 15) is 14.7 Å². The number of benzene rings is 1. The number of allylic oxidation sites excluding steroid dienone is 3. The molecule has 1 aliphatic heterocycles. The van der Waals surface area contributed by atoms with Gasteiger partial charge in [-0.3, -0.25) is 9.59 Å². The van der Waals surface area contributed by atoms with E-state index in [4.69, 9.17) is 4.74 Å². The molecule has 3 aliphatic rings. The van der Waals surface area contributed by atoms with E-state index in [2.05, 4.69) is 5.32 Å². The largest absolute Gasteiger partial charge is 0.501 e.